The van der Waals surface area contributed by atoms with Crippen LogP contribution in [-0.4, -0.2) is 33.6 Å². The van der Waals surface area contributed by atoms with Gasteiger partial charge in [0.15, 0.2) is 6.10 Å². The van der Waals surface area contributed by atoms with Gasteiger partial charge >= 0.3 is 5.97 Å². The zero-order valence-electron chi connectivity index (χ0n) is 16.2. The van der Waals surface area contributed by atoms with Crippen LogP contribution in [0.25, 0.3) is 10.9 Å². The fraction of sp³-hybridized carbons (Fsp3) is 0.524. The summed E-state index contributed by atoms with van der Waals surface area (Å²) in [5.41, 5.74) is 0.424. The fourth-order valence-electron chi connectivity index (χ4n) is 3.53. The number of aromatic nitrogens is 2. The summed E-state index contributed by atoms with van der Waals surface area (Å²) in [6.07, 6.45) is 7.19. The van der Waals surface area contributed by atoms with Crippen molar-refractivity contribution in [3.05, 3.63) is 40.9 Å². The average molecular weight is 385 g/mol. The third kappa shape index (κ3) is 5.18. The minimum absolute atomic E-state index is 0.000968. The summed E-state index contributed by atoms with van der Waals surface area (Å²) in [6.45, 7) is 1.74. The van der Waals surface area contributed by atoms with Gasteiger partial charge < -0.3 is 10.1 Å². The van der Waals surface area contributed by atoms with Gasteiger partial charge in [-0.25, -0.2) is 4.98 Å². The standard InChI is InChI=1S/C21H27N3O4/c1-15(20(26)23-16-8-4-2-3-5-9-16)28-19(25)12-13-24-14-22-18-11-7-6-10-17(18)21(24)27/h6-7,10-11,14-16H,2-5,8-9,12-13H2,1H3,(H,23,26). The number of nitrogens with one attached hydrogen (secondary N) is 1. The number of esters is 1. The van der Waals surface area contributed by atoms with E-state index >= 15 is 0 Å². The van der Waals surface area contributed by atoms with Crippen LogP contribution >= 0.6 is 0 Å². The molecule has 0 bridgehead atoms. The lowest BCUT2D eigenvalue weighted by Crippen LogP contribution is -2.42. The SMILES string of the molecule is CC(OC(=O)CCn1cnc2ccccc2c1=O)C(=O)NC1CCCCCC1. The Bertz CT molecular complexity index is 885. The van der Waals surface area contributed by atoms with Gasteiger partial charge in [-0.1, -0.05) is 37.8 Å². The quantitative estimate of drug-likeness (QED) is 0.610. The first-order valence-corrected chi connectivity index (χ1v) is 9.98. The average Bonchev–Trinajstić information content (AvgIpc) is 2.96. The summed E-state index contributed by atoms with van der Waals surface area (Å²) in [5.74, 6) is -0.770. The molecule has 1 N–H and O–H groups in total. The lowest BCUT2D eigenvalue weighted by Gasteiger charge is -2.19. The number of carbonyl (C=O) groups excluding carboxylic acids is 2. The van der Waals surface area contributed by atoms with Crippen molar-refractivity contribution in [1.82, 2.24) is 14.9 Å². The maximum Gasteiger partial charge on any atom is 0.308 e. The first-order chi connectivity index (χ1) is 13.5. The Balaban J connectivity index is 1.50. The van der Waals surface area contributed by atoms with Crippen molar-refractivity contribution in [2.75, 3.05) is 0 Å². The van der Waals surface area contributed by atoms with Gasteiger partial charge in [0.1, 0.15) is 0 Å². The van der Waals surface area contributed by atoms with Gasteiger partial charge in [-0.2, -0.15) is 0 Å². The van der Waals surface area contributed by atoms with E-state index in [2.05, 4.69) is 10.3 Å². The molecule has 2 aromatic rings. The van der Waals surface area contributed by atoms with Crippen LogP contribution in [-0.2, 0) is 20.9 Å². The van der Waals surface area contributed by atoms with E-state index in [0.717, 1.165) is 25.7 Å². The minimum Gasteiger partial charge on any atom is -0.452 e. The van der Waals surface area contributed by atoms with Crippen LogP contribution in [0.3, 0.4) is 0 Å². The number of fused-ring (bicyclic) bond motifs is 1. The maximum atomic E-state index is 12.4. The molecule has 7 nitrogen and oxygen atoms in total. The Labute approximate surface area is 164 Å². The van der Waals surface area contributed by atoms with Gasteiger partial charge in [-0.15, -0.1) is 0 Å². The summed E-state index contributed by atoms with van der Waals surface area (Å²) in [5, 5.41) is 3.49. The Morgan fingerprint density at radius 2 is 1.93 bits per heavy atom. The van der Waals surface area contributed by atoms with Gasteiger partial charge in [-0.3, -0.25) is 19.0 Å². The van der Waals surface area contributed by atoms with Crippen LogP contribution in [0.1, 0.15) is 51.9 Å². The number of amides is 1. The van der Waals surface area contributed by atoms with E-state index in [1.165, 1.54) is 23.7 Å². The van der Waals surface area contributed by atoms with Crippen LogP contribution in [0.2, 0.25) is 0 Å². The first-order valence-electron chi connectivity index (χ1n) is 9.98. The summed E-state index contributed by atoms with van der Waals surface area (Å²) in [7, 11) is 0. The van der Waals surface area contributed by atoms with Gasteiger partial charge in [0, 0.05) is 12.6 Å². The molecule has 0 aliphatic heterocycles. The summed E-state index contributed by atoms with van der Waals surface area (Å²) < 4.78 is 6.64. The highest BCUT2D eigenvalue weighted by atomic mass is 16.5. The van der Waals surface area contributed by atoms with E-state index in [1.807, 2.05) is 6.07 Å². The predicted molar refractivity (Wildman–Crippen MR) is 106 cm³/mol. The van der Waals surface area contributed by atoms with Gasteiger partial charge in [0.05, 0.1) is 23.7 Å². The Morgan fingerprint density at radius 3 is 2.68 bits per heavy atom. The number of nitrogens with zero attached hydrogens (tertiary/aromatic N) is 2. The lowest BCUT2D eigenvalue weighted by molar-refractivity contribution is -0.155. The number of aryl methyl sites for hydroxylation is 1. The highest BCUT2D eigenvalue weighted by Gasteiger charge is 2.21. The van der Waals surface area contributed by atoms with Crippen LogP contribution in [0, 0.1) is 0 Å². The number of hydrogen-bond acceptors (Lipinski definition) is 5. The molecule has 3 rings (SSSR count). The van der Waals surface area contributed by atoms with Crippen molar-refractivity contribution in [2.45, 2.75) is 70.6 Å². The summed E-state index contributed by atoms with van der Waals surface area (Å²) >= 11 is 0. The van der Waals surface area contributed by atoms with Crippen molar-refractivity contribution in [1.29, 1.82) is 0 Å². The molecule has 1 aromatic heterocycles. The number of carbonyl (C=O) groups is 2. The number of benzene rings is 1. The third-order valence-electron chi connectivity index (χ3n) is 5.17. The largest absolute Gasteiger partial charge is 0.452 e. The second kappa shape index (κ2) is 9.48. The smallest absolute Gasteiger partial charge is 0.308 e. The second-order valence-corrected chi connectivity index (χ2v) is 7.34. The topological polar surface area (TPSA) is 90.3 Å². The number of rotatable bonds is 6. The van der Waals surface area contributed by atoms with Crippen molar-refractivity contribution >= 4 is 22.8 Å². The molecular weight excluding hydrogens is 358 g/mol. The highest BCUT2D eigenvalue weighted by molar-refractivity contribution is 5.83. The van der Waals surface area contributed by atoms with E-state index in [4.69, 9.17) is 4.74 Å². The maximum absolute atomic E-state index is 12.4. The van der Waals surface area contributed by atoms with Gasteiger partial charge in [-0.05, 0) is 31.9 Å². The number of hydrogen-bond donors (Lipinski definition) is 1. The van der Waals surface area contributed by atoms with Crippen LogP contribution in [0.15, 0.2) is 35.4 Å². The summed E-state index contributed by atoms with van der Waals surface area (Å²) in [4.78, 5) is 41.1. The molecular formula is C21H27N3O4. The molecule has 1 amide bonds. The van der Waals surface area contributed by atoms with E-state index in [9.17, 15) is 14.4 Å². The van der Waals surface area contributed by atoms with Gasteiger partial charge in [0.2, 0.25) is 0 Å². The normalized spacial score (nSPS) is 16.3. The molecule has 1 aliphatic rings. The molecule has 1 atom stereocenters. The zero-order valence-corrected chi connectivity index (χ0v) is 16.2. The van der Waals surface area contributed by atoms with Crippen molar-refractivity contribution < 1.29 is 14.3 Å². The predicted octanol–water partition coefficient (Wildman–Crippen LogP) is 2.56. The Hall–Kier alpha value is -2.70. The molecule has 1 aliphatic carbocycles. The third-order valence-corrected chi connectivity index (χ3v) is 5.17. The van der Waals surface area contributed by atoms with E-state index in [-0.39, 0.29) is 30.5 Å². The fourth-order valence-corrected chi connectivity index (χ4v) is 3.53. The first kappa shape index (κ1) is 20.0. The van der Waals surface area contributed by atoms with E-state index in [0.29, 0.717) is 10.9 Å². The molecule has 1 heterocycles. The molecule has 1 fully saturated rings. The van der Waals surface area contributed by atoms with E-state index < -0.39 is 12.1 Å². The highest BCUT2D eigenvalue weighted by Crippen LogP contribution is 2.17. The van der Waals surface area contributed by atoms with Crippen molar-refractivity contribution in [3.8, 4) is 0 Å². The zero-order chi connectivity index (χ0) is 19.9. The lowest BCUT2D eigenvalue weighted by atomic mass is 10.1. The van der Waals surface area contributed by atoms with Gasteiger partial charge in [0.25, 0.3) is 11.5 Å². The van der Waals surface area contributed by atoms with Crippen molar-refractivity contribution in [3.63, 3.8) is 0 Å². The molecule has 0 spiro atoms. The molecule has 150 valence electrons. The Morgan fingerprint density at radius 1 is 1.21 bits per heavy atom. The minimum atomic E-state index is -0.845. The van der Waals surface area contributed by atoms with E-state index in [1.54, 1.807) is 25.1 Å². The Kier molecular flexibility index (Phi) is 6.79. The monoisotopic (exact) mass is 385 g/mol. The van der Waals surface area contributed by atoms with Crippen LogP contribution < -0.4 is 10.9 Å². The molecule has 0 radical (unpaired) electrons. The van der Waals surface area contributed by atoms with Crippen molar-refractivity contribution in [2.24, 2.45) is 0 Å². The molecule has 28 heavy (non-hydrogen) atoms. The number of ether oxygens (including phenoxy) is 1. The molecule has 1 aromatic carbocycles. The molecule has 7 heteroatoms. The molecule has 1 unspecified atom stereocenters. The second-order valence-electron chi connectivity index (χ2n) is 7.34. The molecule has 1 saturated carbocycles. The van der Waals surface area contributed by atoms with Crippen LogP contribution in [0.5, 0.6) is 0 Å². The van der Waals surface area contributed by atoms with Crippen LogP contribution in [0.4, 0.5) is 0 Å². The molecule has 0 saturated heterocycles. The summed E-state index contributed by atoms with van der Waals surface area (Å²) in [6, 6.07) is 7.23. The number of para-hydroxylation sites is 1.